The number of amides is 8. The van der Waals surface area contributed by atoms with Gasteiger partial charge in [0.2, 0.25) is 47.3 Å². The summed E-state index contributed by atoms with van der Waals surface area (Å²) in [7, 11) is 0. The Hall–Kier alpha value is -7.03. The van der Waals surface area contributed by atoms with E-state index >= 15 is 0 Å². The molecule has 0 radical (unpaired) electrons. The Morgan fingerprint density at radius 1 is 0.800 bits per heavy atom. The third-order valence-corrected chi connectivity index (χ3v) is 11.3. The Morgan fingerprint density at radius 3 is 2.03 bits per heavy atom. The molecule has 1 fully saturated rings. The van der Waals surface area contributed by atoms with Crippen molar-refractivity contribution in [2.45, 2.75) is 121 Å². The molecule has 1 aliphatic rings. The van der Waals surface area contributed by atoms with E-state index in [1.165, 1.54) is 30.9 Å². The van der Waals surface area contributed by atoms with Crippen LogP contribution in [0.15, 0.2) is 54.7 Å². The monoisotopic (exact) mass is 904 g/mol. The van der Waals surface area contributed by atoms with Crippen LogP contribution in [0.2, 0.25) is 0 Å². The van der Waals surface area contributed by atoms with Gasteiger partial charge in [-0.1, -0.05) is 50.6 Å². The lowest BCUT2D eigenvalue weighted by Gasteiger charge is -2.31. The molecule has 21 nitrogen and oxygen atoms in total. The first kappa shape index (κ1) is 50.6. The molecule has 0 spiro atoms. The highest BCUT2D eigenvalue weighted by atomic mass is 16.4. The van der Waals surface area contributed by atoms with E-state index in [1.54, 1.807) is 56.4 Å². The van der Waals surface area contributed by atoms with Gasteiger partial charge in [0, 0.05) is 42.9 Å². The predicted octanol–water partition coefficient (Wildman–Crippen LogP) is -0.917. The number of phenolic OH excluding ortho intramolecular Hbond substituents is 1. The molecule has 4 rings (SSSR count). The van der Waals surface area contributed by atoms with Crippen molar-refractivity contribution in [1.82, 2.24) is 36.5 Å². The molecule has 21 heteroatoms. The van der Waals surface area contributed by atoms with Crippen molar-refractivity contribution in [3.05, 3.63) is 65.9 Å². The number of carboxylic acids is 1. The minimum atomic E-state index is -1.56. The number of likely N-dealkylation sites (tertiary alicyclic amines) is 1. The van der Waals surface area contributed by atoms with Gasteiger partial charge in [0.25, 0.3) is 0 Å². The molecule has 2 aromatic carbocycles. The van der Waals surface area contributed by atoms with Crippen LogP contribution >= 0.6 is 0 Å². The summed E-state index contributed by atoms with van der Waals surface area (Å²) in [4.78, 5) is 124. The molecule has 14 N–H and O–H groups in total. The zero-order chi connectivity index (χ0) is 48.2. The standard InChI is InChI=1S/C44H60N10O11/c1-5-23(2)36(40(61)51-32(19-24-12-14-26(55)15-13-24)41(62)54-18-8-11-33(54)42(63)64)53-37(58)29(16-17-34(45)56)49-38(59)30(20-25-22-48-28-10-7-6-9-27(25)28)50-39(60)31(21-35(46)57)52-43(65)44(3,4)47/h6-7,9-10,12-15,22-23,29-33,36,48,55H,5,8,11,16-21,47H2,1-4H3,(H2,45,56)(H2,46,57)(H,49,59)(H,50,60)(H,51,61)(H,52,65)(H,53,58)(H,63,64)/t23-,29-,30-,31-,32-,33-,36-/m0/s1. The van der Waals surface area contributed by atoms with Crippen LogP contribution in [-0.4, -0.2) is 122 Å². The molecule has 7 atom stereocenters. The molecular weight excluding hydrogens is 845 g/mol. The lowest BCUT2D eigenvalue weighted by atomic mass is 9.96. The van der Waals surface area contributed by atoms with Crippen LogP contribution in [0.5, 0.6) is 5.75 Å². The molecule has 2 heterocycles. The number of carbonyl (C=O) groups is 9. The van der Waals surface area contributed by atoms with Gasteiger partial charge in [-0.05, 0) is 68.4 Å². The normalized spacial score (nSPS) is 16.5. The number of aromatic hydroxyl groups is 1. The van der Waals surface area contributed by atoms with Gasteiger partial charge in [-0.15, -0.1) is 0 Å². The lowest BCUT2D eigenvalue weighted by molar-refractivity contribution is -0.149. The van der Waals surface area contributed by atoms with Crippen LogP contribution < -0.4 is 43.8 Å². The molecule has 1 saturated heterocycles. The van der Waals surface area contributed by atoms with Crippen LogP contribution in [0.4, 0.5) is 0 Å². The van der Waals surface area contributed by atoms with E-state index in [0.29, 0.717) is 34.9 Å². The predicted molar refractivity (Wildman–Crippen MR) is 236 cm³/mol. The number of benzene rings is 2. The highest BCUT2D eigenvalue weighted by Gasteiger charge is 2.40. The summed E-state index contributed by atoms with van der Waals surface area (Å²) in [5.41, 5.74) is 17.1. The van der Waals surface area contributed by atoms with Gasteiger partial charge in [-0.2, -0.15) is 0 Å². The third kappa shape index (κ3) is 14.2. The van der Waals surface area contributed by atoms with Crippen LogP contribution in [0.1, 0.15) is 77.3 Å². The fourth-order valence-electron chi connectivity index (χ4n) is 7.36. The quantitative estimate of drug-likeness (QED) is 0.0551. The summed E-state index contributed by atoms with van der Waals surface area (Å²) in [5, 5.41) is 33.3. The van der Waals surface area contributed by atoms with Gasteiger partial charge in [0.05, 0.1) is 12.0 Å². The largest absolute Gasteiger partial charge is 0.508 e. The minimum Gasteiger partial charge on any atom is -0.508 e. The molecule has 0 bridgehead atoms. The second-order valence-corrected chi connectivity index (χ2v) is 16.9. The summed E-state index contributed by atoms with van der Waals surface area (Å²) in [5.74, 6) is -8.68. The number of fused-ring (bicyclic) bond motifs is 1. The number of rotatable bonds is 23. The van der Waals surface area contributed by atoms with Gasteiger partial charge in [0.1, 0.15) is 42.0 Å². The van der Waals surface area contributed by atoms with Crippen LogP contribution in [0.25, 0.3) is 10.9 Å². The van der Waals surface area contributed by atoms with E-state index in [-0.39, 0.29) is 38.0 Å². The molecule has 65 heavy (non-hydrogen) atoms. The number of para-hydroxylation sites is 1. The van der Waals surface area contributed by atoms with Gasteiger partial charge >= 0.3 is 5.97 Å². The Balaban J connectivity index is 1.64. The van der Waals surface area contributed by atoms with E-state index in [0.717, 1.165) is 0 Å². The fourth-order valence-corrected chi connectivity index (χ4v) is 7.36. The van der Waals surface area contributed by atoms with Crippen molar-refractivity contribution in [2.24, 2.45) is 23.1 Å². The first-order valence-corrected chi connectivity index (χ1v) is 21.3. The van der Waals surface area contributed by atoms with Crippen molar-refractivity contribution < 1.29 is 53.4 Å². The van der Waals surface area contributed by atoms with Crippen molar-refractivity contribution >= 4 is 64.1 Å². The summed E-state index contributed by atoms with van der Waals surface area (Å²) < 4.78 is 0. The first-order chi connectivity index (χ1) is 30.6. The highest BCUT2D eigenvalue weighted by Crippen LogP contribution is 2.22. The van der Waals surface area contributed by atoms with Gasteiger partial charge in [-0.25, -0.2) is 4.79 Å². The fraction of sp³-hybridized carbons (Fsp3) is 0.477. The van der Waals surface area contributed by atoms with Gasteiger partial charge < -0.3 is 63.9 Å². The molecule has 1 aromatic heterocycles. The molecule has 1 aliphatic heterocycles. The molecule has 3 aromatic rings. The zero-order valence-electron chi connectivity index (χ0n) is 36.8. The molecule has 0 unspecified atom stereocenters. The van der Waals surface area contributed by atoms with E-state index in [2.05, 4.69) is 31.6 Å². The second-order valence-electron chi connectivity index (χ2n) is 16.9. The van der Waals surface area contributed by atoms with E-state index in [1.807, 2.05) is 0 Å². The van der Waals surface area contributed by atoms with E-state index in [9.17, 15) is 53.4 Å². The first-order valence-electron chi connectivity index (χ1n) is 21.3. The topological polar surface area (TPSA) is 351 Å². The molecule has 0 aliphatic carbocycles. The van der Waals surface area contributed by atoms with Crippen molar-refractivity contribution in [1.29, 1.82) is 0 Å². The number of nitrogens with zero attached hydrogens (tertiary/aromatic N) is 1. The summed E-state index contributed by atoms with van der Waals surface area (Å²) in [6.07, 6.45) is 0.918. The Morgan fingerprint density at radius 2 is 1.42 bits per heavy atom. The number of hydrogen-bond acceptors (Lipinski definition) is 11. The number of carboxylic acid groups (broad SMARTS) is 1. The summed E-state index contributed by atoms with van der Waals surface area (Å²) in [6, 6.07) is 4.67. The molecular formula is C44H60N10O11. The zero-order valence-corrected chi connectivity index (χ0v) is 36.8. The maximum absolute atomic E-state index is 14.3. The Kier molecular flexibility index (Phi) is 17.6. The average molecular weight is 905 g/mol. The van der Waals surface area contributed by atoms with E-state index in [4.69, 9.17) is 17.2 Å². The number of phenols is 1. The maximum atomic E-state index is 14.3. The molecule has 0 saturated carbocycles. The highest BCUT2D eigenvalue weighted by molar-refractivity contribution is 5.99. The van der Waals surface area contributed by atoms with Crippen molar-refractivity contribution in [2.75, 3.05) is 6.54 Å². The smallest absolute Gasteiger partial charge is 0.326 e. The number of primary amides is 2. The van der Waals surface area contributed by atoms with E-state index < -0.39 is 114 Å². The van der Waals surface area contributed by atoms with Gasteiger partial charge in [-0.3, -0.25) is 38.4 Å². The molecule has 352 valence electrons. The number of hydrogen-bond donors (Lipinski definition) is 11. The van der Waals surface area contributed by atoms with Crippen molar-refractivity contribution in [3.8, 4) is 5.75 Å². The minimum absolute atomic E-state index is 0.0391. The number of nitrogens with one attached hydrogen (secondary N) is 6. The number of aromatic amines is 1. The van der Waals surface area contributed by atoms with Gasteiger partial charge in [0.15, 0.2) is 0 Å². The number of H-pyrrole nitrogens is 1. The summed E-state index contributed by atoms with van der Waals surface area (Å²) in [6.45, 7) is 6.31. The van der Waals surface area contributed by atoms with Crippen LogP contribution in [0, 0.1) is 5.92 Å². The van der Waals surface area contributed by atoms with Crippen LogP contribution in [0.3, 0.4) is 0 Å². The molecule has 8 amide bonds. The summed E-state index contributed by atoms with van der Waals surface area (Å²) >= 11 is 0. The third-order valence-electron chi connectivity index (χ3n) is 11.3. The lowest BCUT2D eigenvalue weighted by Crippen LogP contribution is -2.61. The Bertz CT molecular complexity index is 2240. The number of nitrogens with two attached hydrogens (primary N) is 3. The van der Waals surface area contributed by atoms with Crippen LogP contribution in [-0.2, 0) is 56.0 Å². The number of aliphatic carboxylic acids is 1. The maximum Gasteiger partial charge on any atom is 0.326 e. The average Bonchev–Trinajstić information content (AvgIpc) is 3.91. The second kappa shape index (κ2) is 22.5. The number of carbonyl (C=O) groups excluding carboxylic acids is 8. The SMILES string of the molecule is CC[C@H](C)[C@H](NC(=O)[C@H](CCC(N)=O)NC(=O)[C@H](Cc1c[nH]c2ccccc12)NC(=O)[C@H](CC(N)=O)NC(=O)C(C)(C)N)C(=O)N[C@@H](Cc1ccc(O)cc1)C(=O)N1CCC[C@H]1C(=O)O. The van der Waals surface area contributed by atoms with Crippen molar-refractivity contribution in [3.63, 3.8) is 0 Å². The Labute approximate surface area is 375 Å². The number of aromatic nitrogens is 1.